The Kier molecular flexibility index (Phi) is 3.56. The van der Waals surface area contributed by atoms with Gasteiger partial charge >= 0.3 is 19.1 Å². The van der Waals surface area contributed by atoms with Crippen LogP contribution in [0.1, 0.15) is 0 Å². The van der Waals surface area contributed by atoms with Crippen LogP contribution in [0.25, 0.3) is 0 Å². The fourth-order valence-corrected chi connectivity index (χ4v) is 1.72. The van der Waals surface area contributed by atoms with Gasteiger partial charge in [-0.25, -0.2) is 9.59 Å². The summed E-state index contributed by atoms with van der Waals surface area (Å²) in [5, 5.41) is 18.2. The second kappa shape index (κ2) is 4.97. The normalized spacial score (nSPS) is 23.1. The zero-order valence-electron chi connectivity index (χ0n) is 8.95. The van der Waals surface area contributed by atoms with Gasteiger partial charge in [0.25, 0.3) is 0 Å². The molecule has 1 aliphatic rings. The largest absolute Gasteiger partial charge is 0.495 e. The van der Waals surface area contributed by atoms with Crippen LogP contribution in [0.4, 0.5) is 0 Å². The number of rotatable bonds is 3. The Hall–Kier alpha value is -1.57. The van der Waals surface area contributed by atoms with Gasteiger partial charge in [-0.15, -0.1) is 0 Å². The molecule has 0 spiro atoms. The molecular weight excluding hydrogens is 262 g/mol. The summed E-state index contributed by atoms with van der Waals surface area (Å²) in [6.07, 6.45) is -3.05. The highest BCUT2D eigenvalue weighted by atomic mass is 35.5. The first-order valence-corrected chi connectivity index (χ1v) is 5.39. The summed E-state index contributed by atoms with van der Waals surface area (Å²) in [5.74, 6) is -2.75. The van der Waals surface area contributed by atoms with E-state index in [-0.39, 0.29) is 0 Å². The molecule has 0 aromatic heterocycles. The Labute approximate surface area is 107 Å². The monoisotopic (exact) mass is 270 g/mol. The Morgan fingerprint density at radius 1 is 1.06 bits per heavy atom. The molecule has 0 bridgehead atoms. The van der Waals surface area contributed by atoms with Crippen molar-refractivity contribution in [2.45, 2.75) is 12.2 Å². The number of benzene rings is 1. The molecule has 94 valence electrons. The number of carboxylic acid groups (broad SMARTS) is 2. The third-order valence-electron chi connectivity index (χ3n) is 2.44. The topological polar surface area (TPSA) is 93.1 Å². The molecule has 8 heteroatoms. The van der Waals surface area contributed by atoms with Crippen molar-refractivity contribution in [3.05, 3.63) is 29.3 Å². The molecule has 2 rings (SSSR count). The maximum absolute atomic E-state index is 10.9. The fraction of sp³-hybridized carbons (Fsp3) is 0.200. The van der Waals surface area contributed by atoms with Crippen LogP contribution in [0.2, 0.25) is 5.02 Å². The summed E-state index contributed by atoms with van der Waals surface area (Å²) in [7, 11) is -1.02. The molecule has 1 aromatic rings. The van der Waals surface area contributed by atoms with Gasteiger partial charge in [0, 0.05) is 5.02 Å². The minimum Gasteiger partial charge on any atom is -0.479 e. The lowest BCUT2D eigenvalue weighted by molar-refractivity contribution is -0.156. The van der Waals surface area contributed by atoms with Gasteiger partial charge in [0.05, 0.1) is 0 Å². The molecule has 1 heterocycles. The Balaban J connectivity index is 2.20. The van der Waals surface area contributed by atoms with Crippen molar-refractivity contribution in [1.29, 1.82) is 0 Å². The van der Waals surface area contributed by atoms with Crippen molar-refractivity contribution >= 4 is 36.1 Å². The predicted molar refractivity (Wildman–Crippen MR) is 61.9 cm³/mol. The maximum atomic E-state index is 10.9. The van der Waals surface area contributed by atoms with Gasteiger partial charge in [-0.1, -0.05) is 23.7 Å². The molecule has 1 saturated heterocycles. The first kappa shape index (κ1) is 12.9. The van der Waals surface area contributed by atoms with Crippen molar-refractivity contribution in [3.63, 3.8) is 0 Å². The molecular formula is C10H8BClO6. The number of carboxylic acids is 2. The maximum Gasteiger partial charge on any atom is 0.495 e. The van der Waals surface area contributed by atoms with E-state index in [1.54, 1.807) is 24.3 Å². The third-order valence-corrected chi connectivity index (χ3v) is 2.70. The average Bonchev–Trinajstić information content (AvgIpc) is 2.75. The van der Waals surface area contributed by atoms with Gasteiger partial charge in [0.1, 0.15) is 0 Å². The molecule has 6 nitrogen and oxygen atoms in total. The molecule has 0 unspecified atom stereocenters. The van der Waals surface area contributed by atoms with Gasteiger partial charge in [-0.05, 0) is 17.6 Å². The van der Waals surface area contributed by atoms with E-state index in [1.807, 2.05) is 0 Å². The quantitative estimate of drug-likeness (QED) is 0.750. The van der Waals surface area contributed by atoms with Crippen LogP contribution in [0, 0.1) is 0 Å². The SMILES string of the molecule is O=C(O)[C@@H]1OB(c2ccc(Cl)cc2)O[C@H]1C(=O)O. The number of hydrogen-bond acceptors (Lipinski definition) is 4. The van der Waals surface area contributed by atoms with Crippen LogP contribution in [0.15, 0.2) is 24.3 Å². The van der Waals surface area contributed by atoms with E-state index in [9.17, 15) is 9.59 Å². The molecule has 18 heavy (non-hydrogen) atoms. The molecule has 0 amide bonds. The highest BCUT2D eigenvalue weighted by molar-refractivity contribution is 6.62. The Morgan fingerprint density at radius 2 is 1.50 bits per heavy atom. The van der Waals surface area contributed by atoms with E-state index < -0.39 is 31.3 Å². The summed E-state index contributed by atoms with van der Waals surface area (Å²) >= 11 is 5.71. The van der Waals surface area contributed by atoms with Gasteiger partial charge in [0.15, 0.2) is 12.2 Å². The van der Waals surface area contributed by atoms with Gasteiger partial charge < -0.3 is 19.5 Å². The molecule has 0 radical (unpaired) electrons. The molecule has 0 aliphatic carbocycles. The van der Waals surface area contributed by atoms with Gasteiger partial charge in [-0.3, -0.25) is 0 Å². The Morgan fingerprint density at radius 3 is 1.89 bits per heavy atom. The fourth-order valence-electron chi connectivity index (χ4n) is 1.59. The molecule has 2 N–H and O–H groups in total. The third kappa shape index (κ3) is 2.48. The molecule has 1 fully saturated rings. The summed E-state index contributed by atoms with van der Waals surface area (Å²) in [6, 6.07) is 6.31. The molecule has 0 saturated carbocycles. The van der Waals surface area contributed by atoms with Crippen LogP contribution in [-0.4, -0.2) is 41.5 Å². The predicted octanol–water partition coefficient (Wildman–Crippen LogP) is -0.0116. The number of aliphatic carboxylic acids is 2. The molecule has 1 aliphatic heterocycles. The average molecular weight is 270 g/mol. The van der Waals surface area contributed by atoms with Crippen LogP contribution in [-0.2, 0) is 18.9 Å². The van der Waals surface area contributed by atoms with E-state index in [2.05, 4.69) is 0 Å². The van der Waals surface area contributed by atoms with Crippen LogP contribution < -0.4 is 5.46 Å². The lowest BCUT2D eigenvalue weighted by atomic mass is 9.79. The standard InChI is InChI=1S/C10H8BClO6/c12-6-3-1-5(2-4-6)11-17-7(9(13)14)8(18-11)10(15)16/h1-4,7-8H,(H,13,14)(H,15,16)/t7-,8-/m1/s1. The summed E-state index contributed by atoms with van der Waals surface area (Å²) in [6.45, 7) is 0. The van der Waals surface area contributed by atoms with E-state index >= 15 is 0 Å². The highest BCUT2D eigenvalue weighted by Crippen LogP contribution is 2.18. The highest BCUT2D eigenvalue weighted by Gasteiger charge is 2.48. The van der Waals surface area contributed by atoms with Gasteiger partial charge in [0.2, 0.25) is 0 Å². The van der Waals surface area contributed by atoms with Crippen molar-refractivity contribution < 1.29 is 29.1 Å². The van der Waals surface area contributed by atoms with Crippen LogP contribution >= 0.6 is 11.6 Å². The van der Waals surface area contributed by atoms with Crippen molar-refractivity contribution in [1.82, 2.24) is 0 Å². The number of carbonyl (C=O) groups is 2. The van der Waals surface area contributed by atoms with Crippen molar-refractivity contribution in [3.8, 4) is 0 Å². The number of hydrogen-bond donors (Lipinski definition) is 2. The zero-order valence-corrected chi connectivity index (χ0v) is 9.70. The minimum absolute atomic E-state index is 0.501. The summed E-state index contributed by atoms with van der Waals surface area (Å²) < 4.78 is 10.2. The van der Waals surface area contributed by atoms with Crippen molar-refractivity contribution in [2.75, 3.05) is 0 Å². The first-order valence-electron chi connectivity index (χ1n) is 5.01. The molecule has 1 aromatic carbocycles. The van der Waals surface area contributed by atoms with E-state index in [0.29, 0.717) is 10.5 Å². The van der Waals surface area contributed by atoms with Crippen LogP contribution in [0.3, 0.4) is 0 Å². The first-order chi connectivity index (χ1) is 8.49. The second-order valence-corrected chi connectivity index (χ2v) is 4.11. The lowest BCUT2D eigenvalue weighted by Gasteiger charge is -2.08. The van der Waals surface area contributed by atoms with E-state index in [4.69, 9.17) is 31.1 Å². The summed E-state index contributed by atoms with van der Waals surface area (Å²) in [4.78, 5) is 21.7. The van der Waals surface area contributed by atoms with Gasteiger partial charge in [-0.2, -0.15) is 0 Å². The summed E-state index contributed by atoms with van der Waals surface area (Å²) in [5.41, 5.74) is 0.509. The van der Waals surface area contributed by atoms with Crippen LogP contribution in [0.5, 0.6) is 0 Å². The van der Waals surface area contributed by atoms with E-state index in [1.165, 1.54) is 0 Å². The lowest BCUT2D eigenvalue weighted by Crippen LogP contribution is -2.36. The van der Waals surface area contributed by atoms with Crippen molar-refractivity contribution in [2.24, 2.45) is 0 Å². The Bertz CT molecular complexity index is 454. The minimum atomic E-state index is -1.52. The zero-order chi connectivity index (χ0) is 13.3. The smallest absolute Gasteiger partial charge is 0.479 e. The van der Waals surface area contributed by atoms with E-state index in [0.717, 1.165) is 0 Å². The second-order valence-electron chi connectivity index (χ2n) is 3.67. The number of halogens is 1. The molecule has 2 atom stereocenters.